The van der Waals surface area contributed by atoms with Gasteiger partial charge in [-0.05, 0) is 47.0 Å². The molecule has 0 radical (unpaired) electrons. The Morgan fingerprint density at radius 1 is 0.929 bits per heavy atom. The van der Waals surface area contributed by atoms with Crippen molar-refractivity contribution in [3.05, 3.63) is 95.8 Å². The molecule has 0 saturated carbocycles. The average molecular weight is 382 g/mol. The van der Waals surface area contributed by atoms with E-state index in [1.165, 1.54) is 18.2 Å². The third-order valence-electron chi connectivity index (χ3n) is 4.06. The van der Waals surface area contributed by atoms with Crippen molar-refractivity contribution in [1.29, 1.82) is 0 Å². The second kappa shape index (κ2) is 8.52. The molecule has 1 amide bonds. The lowest BCUT2D eigenvalue weighted by atomic mass is 10.0. The number of rotatable bonds is 5. The molecule has 0 fully saturated rings. The summed E-state index contributed by atoms with van der Waals surface area (Å²) in [6, 6.07) is 17.7. The van der Waals surface area contributed by atoms with Crippen LogP contribution < -0.4 is 5.32 Å². The Balaban J connectivity index is 1.57. The van der Waals surface area contributed by atoms with Crippen LogP contribution in [0.4, 0.5) is 13.2 Å². The molecule has 0 aliphatic carbocycles. The lowest BCUT2D eigenvalue weighted by Gasteiger charge is -2.08. The van der Waals surface area contributed by atoms with Crippen molar-refractivity contribution < 1.29 is 18.0 Å². The molecule has 0 unspecified atom stereocenters. The van der Waals surface area contributed by atoms with Gasteiger partial charge < -0.3 is 5.32 Å². The molecule has 3 nitrogen and oxygen atoms in total. The van der Waals surface area contributed by atoms with E-state index in [0.717, 1.165) is 23.3 Å². The van der Waals surface area contributed by atoms with Crippen LogP contribution in [-0.4, -0.2) is 10.9 Å². The predicted octanol–water partition coefficient (Wildman–Crippen LogP) is 5.10. The van der Waals surface area contributed by atoms with E-state index in [0.29, 0.717) is 17.8 Å². The molecule has 2 aromatic carbocycles. The second-order valence-corrected chi connectivity index (χ2v) is 6.08. The molecule has 0 saturated heterocycles. The number of alkyl halides is 3. The largest absolute Gasteiger partial charge is 0.416 e. The van der Waals surface area contributed by atoms with Gasteiger partial charge in [-0.25, -0.2) is 0 Å². The molecule has 0 bridgehead atoms. The molecule has 1 N–H and O–H groups in total. The van der Waals surface area contributed by atoms with Gasteiger partial charge in [-0.3, -0.25) is 9.78 Å². The third-order valence-corrected chi connectivity index (χ3v) is 4.06. The highest BCUT2D eigenvalue weighted by Crippen LogP contribution is 2.31. The van der Waals surface area contributed by atoms with Crippen LogP contribution in [0.25, 0.3) is 17.2 Å². The van der Waals surface area contributed by atoms with Crippen LogP contribution in [0.3, 0.4) is 0 Å². The minimum atomic E-state index is -4.34. The summed E-state index contributed by atoms with van der Waals surface area (Å²) in [5.74, 6) is -0.238. The zero-order valence-electron chi connectivity index (χ0n) is 14.8. The Kier molecular flexibility index (Phi) is 5.89. The van der Waals surface area contributed by atoms with Crippen LogP contribution in [0, 0.1) is 0 Å². The predicted molar refractivity (Wildman–Crippen MR) is 102 cm³/mol. The lowest BCUT2D eigenvalue weighted by molar-refractivity contribution is -0.137. The minimum absolute atomic E-state index is 0.238. The summed E-state index contributed by atoms with van der Waals surface area (Å²) in [5, 5.41) is 2.77. The van der Waals surface area contributed by atoms with Crippen LogP contribution in [0.1, 0.15) is 16.8 Å². The summed E-state index contributed by atoms with van der Waals surface area (Å²) in [6.07, 6.45) is 0.351. The van der Waals surface area contributed by atoms with Gasteiger partial charge in [0.25, 0.3) is 0 Å². The topological polar surface area (TPSA) is 42.0 Å². The molecular weight excluding hydrogens is 365 g/mol. The van der Waals surface area contributed by atoms with Crippen molar-refractivity contribution >= 4 is 12.0 Å². The zero-order chi connectivity index (χ0) is 20.0. The van der Waals surface area contributed by atoms with Crippen LogP contribution >= 0.6 is 0 Å². The van der Waals surface area contributed by atoms with E-state index in [1.807, 2.05) is 30.3 Å². The summed E-state index contributed by atoms with van der Waals surface area (Å²) >= 11 is 0. The number of carbonyl (C=O) groups is 1. The normalized spacial score (nSPS) is 11.5. The van der Waals surface area contributed by atoms with Gasteiger partial charge in [0.1, 0.15) is 0 Å². The van der Waals surface area contributed by atoms with Crippen molar-refractivity contribution in [2.75, 3.05) is 0 Å². The van der Waals surface area contributed by atoms with Crippen molar-refractivity contribution in [1.82, 2.24) is 10.3 Å². The fourth-order valence-corrected chi connectivity index (χ4v) is 2.55. The van der Waals surface area contributed by atoms with E-state index in [-0.39, 0.29) is 5.91 Å². The Morgan fingerprint density at radius 2 is 1.57 bits per heavy atom. The van der Waals surface area contributed by atoms with Gasteiger partial charge in [0.05, 0.1) is 11.3 Å². The van der Waals surface area contributed by atoms with Gasteiger partial charge in [0, 0.05) is 18.8 Å². The summed E-state index contributed by atoms with van der Waals surface area (Å²) in [7, 11) is 0. The lowest BCUT2D eigenvalue weighted by Crippen LogP contribution is -2.20. The first-order valence-electron chi connectivity index (χ1n) is 8.55. The van der Waals surface area contributed by atoms with E-state index in [1.54, 1.807) is 24.4 Å². The maximum atomic E-state index is 12.6. The minimum Gasteiger partial charge on any atom is -0.348 e. The molecule has 3 aromatic rings. The molecule has 0 aliphatic rings. The molecule has 0 atom stereocenters. The SMILES string of the molecule is O=C(C=Cc1ccccn1)NCc1ccc(-c2ccc(C(F)(F)F)cc2)cc1. The number of benzene rings is 2. The quantitative estimate of drug-likeness (QED) is 0.624. The van der Waals surface area contributed by atoms with Gasteiger partial charge in [0.2, 0.25) is 5.91 Å². The van der Waals surface area contributed by atoms with Crippen LogP contribution in [0.15, 0.2) is 79.0 Å². The van der Waals surface area contributed by atoms with E-state index < -0.39 is 11.7 Å². The van der Waals surface area contributed by atoms with Gasteiger partial charge in [-0.15, -0.1) is 0 Å². The Hall–Kier alpha value is -3.41. The first-order valence-corrected chi connectivity index (χ1v) is 8.55. The van der Waals surface area contributed by atoms with E-state index >= 15 is 0 Å². The second-order valence-electron chi connectivity index (χ2n) is 6.08. The van der Waals surface area contributed by atoms with E-state index in [2.05, 4.69) is 10.3 Å². The Bertz CT molecular complexity index is 948. The maximum Gasteiger partial charge on any atom is 0.416 e. The van der Waals surface area contributed by atoms with E-state index in [4.69, 9.17) is 0 Å². The molecule has 1 heterocycles. The number of carbonyl (C=O) groups excluding carboxylic acids is 1. The van der Waals surface area contributed by atoms with Crippen molar-refractivity contribution in [2.24, 2.45) is 0 Å². The third kappa shape index (κ3) is 5.30. The standard InChI is InChI=1S/C22H17F3N2O/c23-22(24,25)19-10-8-18(9-11-19)17-6-4-16(5-7-17)15-27-21(28)13-12-20-3-1-2-14-26-20/h1-14H,15H2,(H,27,28). The summed E-state index contributed by atoms with van der Waals surface area (Å²) in [5.41, 5.74) is 2.41. The molecule has 0 aliphatic heterocycles. The highest BCUT2D eigenvalue weighted by Gasteiger charge is 2.29. The fourth-order valence-electron chi connectivity index (χ4n) is 2.55. The molecule has 0 spiro atoms. The molecule has 6 heteroatoms. The highest BCUT2D eigenvalue weighted by molar-refractivity contribution is 5.91. The average Bonchev–Trinajstić information content (AvgIpc) is 2.71. The summed E-state index contributed by atoms with van der Waals surface area (Å²) in [6.45, 7) is 0.346. The number of nitrogens with one attached hydrogen (secondary N) is 1. The first kappa shape index (κ1) is 19.4. The summed E-state index contributed by atoms with van der Waals surface area (Å²) < 4.78 is 37.9. The number of hydrogen-bond donors (Lipinski definition) is 1. The zero-order valence-corrected chi connectivity index (χ0v) is 14.8. The van der Waals surface area contributed by atoms with Gasteiger partial charge in [-0.2, -0.15) is 13.2 Å². The fraction of sp³-hybridized carbons (Fsp3) is 0.0909. The van der Waals surface area contributed by atoms with Crippen molar-refractivity contribution in [3.8, 4) is 11.1 Å². The van der Waals surface area contributed by atoms with Gasteiger partial charge in [-0.1, -0.05) is 42.5 Å². The van der Waals surface area contributed by atoms with Crippen LogP contribution in [-0.2, 0) is 17.5 Å². The molecule has 3 rings (SSSR count). The number of hydrogen-bond acceptors (Lipinski definition) is 2. The number of pyridine rings is 1. The number of halogens is 3. The number of amides is 1. The maximum absolute atomic E-state index is 12.6. The van der Waals surface area contributed by atoms with Crippen molar-refractivity contribution in [2.45, 2.75) is 12.7 Å². The van der Waals surface area contributed by atoms with Crippen LogP contribution in [0.2, 0.25) is 0 Å². The smallest absolute Gasteiger partial charge is 0.348 e. The highest BCUT2D eigenvalue weighted by atomic mass is 19.4. The van der Waals surface area contributed by atoms with Crippen LogP contribution in [0.5, 0.6) is 0 Å². The van der Waals surface area contributed by atoms with E-state index in [9.17, 15) is 18.0 Å². The van der Waals surface area contributed by atoms with Gasteiger partial charge in [0.15, 0.2) is 0 Å². The summed E-state index contributed by atoms with van der Waals surface area (Å²) in [4.78, 5) is 16.0. The first-order chi connectivity index (χ1) is 13.4. The molecule has 142 valence electrons. The number of nitrogens with zero attached hydrogens (tertiary/aromatic N) is 1. The van der Waals surface area contributed by atoms with Crippen molar-refractivity contribution in [3.63, 3.8) is 0 Å². The molecule has 28 heavy (non-hydrogen) atoms. The molecular formula is C22H17F3N2O. The monoisotopic (exact) mass is 382 g/mol. The Labute approximate surface area is 160 Å². The Morgan fingerprint density at radius 3 is 2.14 bits per heavy atom. The van der Waals surface area contributed by atoms with Gasteiger partial charge >= 0.3 is 6.18 Å². The molecule has 1 aromatic heterocycles. The number of aromatic nitrogens is 1.